The lowest BCUT2D eigenvalue weighted by Crippen LogP contribution is -2.58. The fraction of sp³-hybridized carbons (Fsp3) is 0.548. The number of nitrogens with zero attached hydrogens (tertiary/aromatic N) is 5. The van der Waals surface area contributed by atoms with E-state index in [1.54, 1.807) is 12.1 Å². The van der Waals surface area contributed by atoms with Crippen molar-refractivity contribution in [2.24, 2.45) is 0 Å². The van der Waals surface area contributed by atoms with Crippen LogP contribution in [0.5, 0.6) is 11.5 Å². The van der Waals surface area contributed by atoms with Gasteiger partial charge in [-0.15, -0.1) is 23.4 Å². The highest BCUT2D eigenvalue weighted by Crippen LogP contribution is 2.40. The molecule has 1 aromatic heterocycles. The molecule has 1 N–H and O–H groups in total. The number of sulfone groups is 1. The lowest BCUT2D eigenvalue weighted by atomic mass is 9.94. The Morgan fingerprint density at radius 2 is 1.71 bits per heavy atom. The van der Waals surface area contributed by atoms with Crippen molar-refractivity contribution in [1.29, 1.82) is 0 Å². The molecule has 3 fully saturated rings. The van der Waals surface area contributed by atoms with Crippen molar-refractivity contribution >= 4 is 15.7 Å². The Morgan fingerprint density at radius 3 is 2.35 bits per heavy atom. The number of alkyl halides is 3. The minimum atomic E-state index is -4.78. The molecule has 1 aliphatic carbocycles. The SMILES string of the molecule is O=C(NOC1CCCCO1)C1(S(=O)(=O)c2ccc(OCCCn3nnc(-c4ccc(OC(F)(F)F)cc4)n3)cc2)CCN(C2CC2)CC1. The van der Waals surface area contributed by atoms with Crippen LogP contribution in [0.1, 0.15) is 51.4 Å². The first-order valence-corrected chi connectivity index (χ1v) is 17.4. The number of halogens is 3. The standard InChI is InChI=1S/C31H37F3N6O7S/c32-31(33,34)46-25-9-5-22(6-10-25)28-35-38-40(36-28)17-3-21-44-24-11-13-26(14-12-24)48(42,43)30(15-18-39(19-16-30)23-7-8-23)29(41)37-47-27-4-1-2-20-45-27/h5-6,9-14,23,27H,1-4,7-8,15-21H2,(H,37,41). The maximum Gasteiger partial charge on any atom is 0.573 e. The third kappa shape index (κ3) is 8.07. The first kappa shape index (κ1) is 34.1. The molecule has 0 bridgehead atoms. The molecule has 3 aromatic rings. The Labute approximate surface area is 275 Å². The highest BCUT2D eigenvalue weighted by atomic mass is 32.2. The van der Waals surface area contributed by atoms with Gasteiger partial charge in [-0.05, 0) is 92.3 Å². The Hall–Kier alpha value is -3.80. The number of likely N-dealkylation sites (tertiary alicyclic amines) is 1. The number of amides is 1. The Bertz CT molecular complexity index is 1640. The largest absolute Gasteiger partial charge is 0.573 e. The number of hydroxylamine groups is 1. The maximum absolute atomic E-state index is 14.1. The third-order valence-electron chi connectivity index (χ3n) is 8.72. The number of nitrogens with one attached hydrogen (secondary N) is 1. The monoisotopic (exact) mass is 694 g/mol. The second-order valence-corrected chi connectivity index (χ2v) is 14.3. The van der Waals surface area contributed by atoms with Crippen LogP contribution < -0.4 is 15.0 Å². The number of hydrogen-bond acceptors (Lipinski definition) is 11. The number of hydrogen-bond donors (Lipinski definition) is 1. The van der Waals surface area contributed by atoms with E-state index in [9.17, 15) is 26.4 Å². The van der Waals surface area contributed by atoms with E-state index < -0.39 is 33.1 Å². The molecule has 2 aromatic carbocycles. The second kappa shape index (κ2) is 14.4. The summed E-state index contributed by atoms with van der Waals surface area (Å²) in [6.45, 7) is 2.14. The first-order chi connectivity index (χ1) is 23.0. The van der Waals surface area contributed by atoms with Gasteiger partial charge in [0.15, 0.2) is 20.9 Å². The van der Waals surface area contributed by atoms with Crippen LogP contribution in [0.15, 0.2) is 53.4 Å². The first-order valence-electron chi connectivity index (χ1n) is 16.0. The summed E-state index contributed by atoms with van der Waals surface area (Å²) in [7, 11) is -4.11. The molecule has 6 rings (SSSR count). The summed E-state index contributed by atoms with van der Waals surface area (Å²) >= 11 is 0. The van der Waals surface area contributed by atoms with E-state index in [1.165, 1.54) is 41.2 Å². The lowest BCUT2D eigenvalue weighted by Gasteiger charge is -2.40. The number of piperidine rings is 1. The Morgan fingerprint density at radius 1 is 1.00 bits per heavy atom. The van der Waals surface area contributed by atoms with E-state index in [4.69, 9.17) is 14.3 Å². The molecule has 0 radical (unpaired) electrons. The van der Waals surface area contributed by atoms with Crippen molar-refractivity contribution < 1.29 is 45.4 Å². The van der Waals surface area contributed by atoms with Crippen LogP contribution >= 0.6 is 0 Å². The molecule has 13 nitrogen and oxygen atoms in total. The topological polar surface area (TPSA) is 147 Å². The number of carbonyl (C=O) groups is 1. The van der Waals surface area contributed by atoms with Crippen molar-refractivity contribution in [2.75, 3.05) is 26.3 Å². The fourth-order valence-electron chi connectivity index (χ4n) is 5.92. The van der Waals surface area contributed by atoms with Crippen LogP contribution in [-0.2, 0) is 30.8 Å². The van der Waals surface area contributed by atoms with E-state index >= 15 is 0 Å². The average molecular weight is 695 g/mol. The van der Waals surface area contributed by atoms with E-state index in [0.717, 1.165) is 25.7 Å². The number of carbonyl (C=O) groups excluding carboxylic acids is 1. The zero-order valence-corrected chi connectivity index (χ0v) is 26.9. The average Bonchev–Trinajstić information content (AvgIpc) is 3.83. The van der Waals surface area contributed by atoms with Crippen LogP contribution in [0, 0.1) is 0 Å². The van der Waals surface area contributed by atoms with Crippen LogP contribution in [0.3, 0.4) is 0 Å². The quantitative estimate of drug-likeness (QED) is 0.204. The van der Waals surface area contributed by atoms with Gasteiger partial charge in [-0.2, -0.15) is 4.80 Å². The summed E-state index contributed by atoms with van der Waals surface area (Å²) in [5, 5.41) is 12.2. The molecule has 0 spiro atoms. The summed E-state index contributed by atoms with van der Waals surface area (Å²) in [5.74, 6) is -0.340. The number of benzene rings is 2. The molecule has 1 saturated carbocycles. The number of aryl methyl sites for hydroxylation is 1. The summed E-state index contributed by atoms with van der Waals surface area (Å²) in [6, 6.07) is 11.6. The number of rotatable bonds is 13. The summed E-state index contributed by atoms with van der Waals surface area (Å²) in [6.07, 6.45) is 0.0266. The third-order valence-corrected chi connectivity index (χ3v) is 11.2. The Kier molecular flexibility index (Phi) is 10.2. The van der Waals surface area contributed by atoms with Crippen molar-refractivity contribution in [3.8, 4) is 22.9 Å². The molecule has 48 heavy (non-hydrogen) atoms. The Balaban J connectivity index is 1.03. The van der Waals surface area contributed by atoms with Gasteiger partial charge in [-0.1, -0.05) is 0 Å². The fourth-order valence-corrected chi connectivity index (χ4v) is 7.87. The lowest BCUT2D eigenvalue weighted by molar-refractivity contribution is -0.274. The molecule has 3 heterocycles. The molecular formula is C31H37F3N6O7S. The molecule has 1 amide bonds. The van der Waals surface area contributed by atoms with Gasteiger partial charge in [-0.25, -0.2) is 18.7 Å². The molecule has 260 valence electrons. The predicted octanol–water partition coefficient (Wildman–Crippen LogP) is 4.05. The molecule has 3 aliphatic rings. The normalized spacial score (nSPS) is 20.3. The zero-order chi connectivity index (χ0) is 33.8. The van der Waals surface area contributed by atoms with Crippen molar-refractivity contribution in [3.05, 3.63) is 48.5 Å². The summed E-state index contributed by atoms with van der Waals surface area (Å²) < 4.78 is 78.9. The minimum Gasteiger partial charge on any atom is -0.494 e. The van der Waals surface area contributed by atoms with Gasteiger partial charge < -0.3 is 19.1 Å². The van der Waals surface area contributed by atoms with E-state index in [2.05, 4.69) is 30.5 Å². The summed E-state index contributed by atoms with van der Waals surface area (Å²) in [4.78, 5) is 22.7. The van der Waals surface area contributed by atoms with Gasteiger partial charge in [0.25, 0.3) is 5.91 Å². The van der Waals surface area contributed by atoms with Crippen molar-refractivity contribution in [2.45, 2.75) is 86.2 Å². The molecule has 17 heteroatoms. The van der Waals surface area contributed by atoms with Crippen LogP contribution in [0.4, 0.5) is 13.2 Å². The number of ether oxygens (including phenoxy) is 3. The zero-order valence-electron chi connectivity index (χ0n) is 26.1. The van der Waals surface area contributed by atoms with Gasteiger partial charge >= 0.3 is 6.36 Å². The molecule has 2 aliphatic heterocycles. The highest BCUT2D eigenvalue weighted by molar-refractivity contribution is 7.93. The van der Waals surface area contributed by atoms with Gasteiger partial charge in [0.05, 0.1) is 18.0 Å². The molecule has 1 atom stereocenters. The smallest absolute Gasteiger partial charge is 0.494 e. The van der Waals surface area contributed by atoms with Crippen LogP contribution in [0.25, 0.3) is 11.4 Å². The molecule has 1 unspecified atom stereocenters. The number of tetrazole rings is 1. The molecule has 2 saturated heterocycles. The van der Waals surface area contributed by atoms with Gasteiger partial charge in [-0.3, -0.25) is 4.79 Å². The van der Waals surface area contributed by atoms with Crippen LogP contribution in [0.2, 0.25) is 0 Å². The van der Waals surface area contributed by atoms with Crippen LogP contribution in [-0.4, -0.2) is 89.2 Å². The van der Waals surface area contributed by atoms with Gasteiger partial charge in [0, 0.05) is 44.1 Å². The predicted molar refractivity (Wildman–Crippen MR) is 163 cm³/mol. The summed E-state index contributed by atoms with van der Waals surface area (Å²) in [5.41, 5.74) is 2.91. The molecular weight excluding hydrogens is 657 g/mol. The second-order valence-electron chi connectivity index (χ2n) is 12.1. The van der Waals surface area contributed by atoms with E-state index in [0.29, 0.717) is 56.4 Å². The van der Waals surface area contributed by atoms with Crippen molar-refractivity contribution in [3.63, 3.8) is 0 Å². The van der Waals surface area contributed by atoms with E-state index in [1.807, 2.05) is 0 Å². The van der Waals surface area contributed by atoms with Gasteiger partial charge in [0.1, 0.15) is 11.5 Å². The van der Waals surface area contributed by atoms with Crippen molar-refractivity contribution in [1.82, 2.24) is 30.6 Å². The maximum atomic E-state index is 14.1. The highest BCUT2D eigenvalue weighted by Gasteiger charge is 2.54. The minimum absolute atomic E-state index is 0.0242. The van der Waals surface area contributed by atoms with E-state index in [-0.39, 0.29) is 35.9 Å². The number of aromatic nitrogens is 4. The van der Waals surface area contributed by atoms with Gasteiger partial charge in [0.2, 0.25) is 5.82 Å².